The van der Waals surface area contributed by atoms with E-state index in [1.807, 2.05) is 6.08 Å². The monoisotopic (exact) mass is 290 g/mol. The van der Waals surface area contributed by atoms with Gasteiger partial charge in [0.1, 0.15) is 0 Å². The van der Waals surface area contributed by atoms with Gasteiger partial charge in [0, 0.05) is 5.88 Å². The van der Waals surface area contributed by atoms with Gasteiger partial charge in [-0.2, -0.15) is 0 Å². The normalized spacial score (nSPS) is 19.5. The van der Waals surface area contributed by atoms with Gasteiger partial charge in [0.2, 0.25) is 0 Å². The zero-order chi connectivity index (χ0) is 13.8. The number of allylic oxidation sites excluding steroid dienone is 5. The molecule has 1 aromatic carbocycles. The summed E-state index contributed by atoms with van der Waals surface area (Å²) in [6.07, 6.45) is 9.86. The van der Waals surface area contributed by atoms with E-state index in [9.17, 15) is 0 Å². The van der Waals surface area contributed by atoms with Crippen LogP contribution in [0.4, 0.5) is 0 Å². The van der Waals surface area contributed by atoms with E-state index < -0.39 is 0 Å². The number of hydrogen-bond donors (Lipinski definition) is 0. The minimum atomic E-state index is -0.0272. The number of rotatable bonds is 3. The summed E-state index contributed by atoms with van der Waals surface area (Å²) < 4.78 is 0. The zero-order valence-corrected chi connectivity index (χ0v) is 13.4. The maximum absolute atomic E-state index is 5.70. The molecular weight excluding hydrogens is 271 g/mol. The molecule has 1 unspecified atom stereocenters. The third-order valence-electron chi connectivity index (χ3n) is 3.60. The van der Waals surface area contributed by atoms with Crippen molar-refractivity contribution in [1.82, 2.24) is 0 Å². The first-order valence-corrected chi connectivity index (χ1v) is 9.06. The molecule has 1 atom stereocenters. The summed E-state index contributed by atoms with van der Waals surface area (Å²) in [6, 6.07) is 6.85. The first-order valence-electron chi connectivity index (χ1n) is 6.55. The lowest BCUT2D eigenvalue weighted by Gasteiger charge is -2.19. The van der Waals surface area contributed by atoms with Gasteiger partial charge in [-0.15, -0.1) is 11.6 Å². The lowest BCUT2D eigenvalue weighted by atomic mass is 10.0. The van der Waals surface area contributed by atoms with E-state index in [4.69, 9.17) is 11.6 Å². The van der Waals surface area contributed by atoms with Gasteiger partial charge in [-0.1, -0.05) is 44.4 Å². The smallest absolute Gasteiger partial charge is 0.0407 e. The number of hydrogen-bond acceptors (Lipinski definition) is 0. The Hall–Kier alpha value is -0.840. The summed E-state index contributed by atoms with van der Waals surface area (Å²) in [7, 11) is -0.0272. The van der Waals surface area contributed by atoms with Gasteiger partial charge < -0.3 is 0 Å². The van der Waals surface area contributed by atoms with Crippen LogP contribution in [-0.4, -0.2) is 18.7 Å². The molecule has 2 heteroatoms. The van der Waals surface area contributed by atoms with Gasteiger partial charge in [0.05, 0.1) is 0 Å². The summed E-state index contributed by atoms with van der Waals surface area (Å²) in [4.78, 5) is 0. The summed E-state index contributed by atoms with van der Waals surface area (Å²) >= 11 is 5.70. The number of benzene rings is 1. The van der Waals surface area contributed by atoms with E-state index in [0.29, 0.717) is 5.88 Å². The summed E-state index contributed by atoms with van der Waals surface area (Å²) in [6.45, 7) is 6.69. The highest BCUT2D eigenvalue weighted by atomic mass is 35.5. The largest absolute Gasteiger partial charge is 0.122 e. The average molecular weight is 291 g/mol. The lowest BCUT2D eigenvalue weighted by Crippen LogP contribution is -2.10. The van der Waals surface area contributed by atoms with E-state index in [2.05, 4.69) is 56.9 Å². The minimum absolute atomic E-state index is 0.0272. The first-order chi connectivity index (χ1) is 9.13. The van der Waals surface area contributed by atoms with E-state index >= 15 is 0 Å². The molecule has 100 valence electrons. The molecule has 0 fully saturated rings. The Morgan fingerprint density at radius 1 is 1.37 bits per heavy atom. The quantitative estimate of drug-likeness (QED) is 0.416. The van der Waals surface area contributed by atoms with E-state index in [1.165, 1.54) is 33.7 Å². The standard InChI is InChI=1S/C17H20ClP/c1-13(6-4-10-18)14(2)16-9-8-15-7-5-11-19(3)17(15)12-16/h4-9,12H,10-11H2,1-3H3/b6-4-,14-13+. The van der Waals surface area contributed by atoms with Crippen LogP contribution < -0.4 is 5.30 Å². The third-order valence-corrected chi connectivity index (χ3v) is 5.75. The molecule has 0 aromatic heterocycles. The molecule has 0 bridgehead atoms. The van der Waals surface area contributed by atoms with Crippen molar-refractivity contribution in [2.45, 2.75) is 13.8 Å². The number of alkyl halides is 1. The van der Waals surface area contributed by atoms with Gasteiger partial charge in [-0.25, -0.2) is 0 Å². The lowest BCUT2D eigenvalue weighted by molar-refractivity contribution is 1.45. The Morgan fingerprint density at radius 3 is 2.89 bits per heavy atom. The first kappa shape index (κ1) is 14.6. The maximum atomic E-state index is 5.70. The van der Waals surface area contributed by atoms with Crippen molar-refractivity contribution in [1.29, 1.82) is 0 Å². The van der Waals surface area contributed by atoms with Gasteiger partial charge in [0.25, 0.3) is 0 Å². The summed E-state index contributed by atoms with van der Waals surface area (Å²) in [5.41, 5.74) is 5.35. The van der Waals surface area contributed by atoms with Crippen LogP contribution in [0.3, 0.4) is 0 Å². The van der Waals surface area contributed by atoms with E-state index in [-0.39, 0.29) is 7.92 Å². The molecule has 0 saturated heterocycles. The van der Waals surface area contributed by atoms with Crippen molar-refractivity contribution in [3.63, 3.8) is 0 Å². The van der Waals surface area contributed by atoms with Gasteiger partial charge in [-0.3, -0.25) is 0 Å². The topological polar surface area (TPSA) is 0 Å². The molecule has 0 N–H and O–H groups in total. The fourth-order valence-electron chi connectivity index (χ4n) is 2.26. The molecule has 1 heterocycles. The Labute approximate surface area is 122 Å². The highest BCUT2D eigenvalue weighted by Gasteiger charge is 2.13. The van der Waals surface area contributed by atoms with E-state index in [0.717, 1.165) is 0 Å². The second-order valence-corrected chi connectivity index (χ2v) is 7.47. The fraction of sp³-hybridized carbons (Fsp3) is 0.294. The molecule has 19 heavy (non-hydrogen) atoms. The summed E-state index contributed by atoms with van der Waals surface area (Å²) in [5, 5.41) is 1.53. The van der Waals surface area contributed by atoms with Gasteiger partial charge in [0.15, 0.2) is 0 Å². The minimum Gasteiger partial charge on any atom is -0.122 e. The molecule has 2 rings (SSSR count). The Balaban J connectivity index is 2.39. The molecule has 0 aliphatic carbocycles. The number of fused-ring (bicyclic) bond motifs is 1. The van der Waals surface area contributed by atoms with Crippen molar-refractivity contribution in [2.75, 3.05) is 18.7 Å². The third kappa shape index (κ3) is 3.38. The summed E-state index contributed by atoms with van der Waals surface area (Å²) in [5.74, 6) is 0.569. The fourth-order valence-corrected chi connectivity index (χ4v) is 3.92. The Morgan fingerprint density at radius 2 is 2.16 bits per heavy atom. The van der Waals surface area contributed by atoms with Crippen molar-refractivity contribution in [3.8, 4) is 0 Å². The van der Waals surface area contributed by atoms with Crippen LogP contribution in [0.1, 0.15) is 25.0 Å². The molecule has 1 aromatic rings. The second kappa shape index (κ2) is 6.55. The van der Waals surface area contributed by atoms with Crippen molar-refractivity contribution < 1.29 is 0 Å². The van der Waals surface area contributed by atoms with Crippen LogP contribution >= 0.6 is 19.5 Å². The predicted octanol–water partition coefficient (Wildman–Crippen LogP) is 5.04. The van der Waals surface area contributed by atoms with Crippen LogP contribution in [0.25, 0.3) is 11.6 Å². The highest BCUT2D eigenvalue weighted by molar-refractivity contribution is 7.65. The van der Waals surface area contributed by atoms with Crippen molar-refractivity contribution >= 4 is 36.5 Å². The van der Waals surface area contributed by atoms with Crippen LogP contribution in [-0.2, 0) is 0 Å². The average Bonchev–Trinajstić information content (AvgIpc) is 2.44. The molecule has 0 spiro atoms. The number of halogens is 1. The maximum Gasteiger partial charge on any atom is 0.0407 e. The highest BCUT2D eigenvalue weighted by Crippen LogP contribution is 2.36. The van der Waals surface area contributed by atoms with Crippen LogP contribution in [0, 0.1) is 0 Å². The zero-order valence-electron chi connectivity index (χ0n) is 11.8. The van der Waals surface area contributed by atoms with E-state index in [1.54, 1.807) is 0 Å². The van der Waals surface area contributed by atoms with Crippen molar-refractivity contribution in [2.24, 2.45) is 0 Å². The van der Waals surface area contributed by atoms with Crippen LogP contribution in [0.15, 0.2) is 42.0 Å². The molecule has 0 amide bonds. The molecule has 0 saturated carbocycles. The molecule has 0 nitrogen and oxygen atoms in total. The van der Waals surface area contributed by atoms with Crippen LogP contribution in [0.2, 0.25) is 0 Å². The predicted molar refractivity (Wildman–Crippen MR) is 90.9 cm³/mol. The second-order valence-electron chi connectivity index (χ2n) is 4.92. The molecule has 1 aliphatic rings. The van der Waals surface area contributed by atoms with Crippen molar-refractivity contribution in [3.05, 3.63) is 53.1 Å². The van der Waals surface area contributed by atoms with Gasteiger partial charge >= 0.3 is 0 Å². The van der Waals surface area contributed by atoms with Crippen LogP contribution in [0.5, 0.6) is 0 Å². The molecule has 1 aliphatic heterocycles. The Bertz CT molecular complexity index is 552. The SMILES string of the molecule is CC(/C=C\CCl)=C(/C)c1ccc2c(c1)P(C)CC=C2. The Kier molecular flexibility index (Phi) is 5.02. The molecular formula is C17H20ClP. The van der Waals surface area contributed by atoms with Gasteiger partial charge in [-0.05, 0) is 60.3 Å². The molecule has 0 radical (unpaired) electrons.